The Kier molecular flexibility index (Phi) is 1.67. The SMILES string of the molecule is Cn1c(=O)c(=O)[nH]c2cccc(O)c21. The predicted molar refractivity (Wildman–Crippen MR) is 51.5 cm³/mol. The number of H-pyrrole nitrogens is 1. The molecule has 0 spiro atoms. The van der Waals surface area contributed by atoms with Crippen LogP contribution < -0.4 is 11.1 Å². The molecule has 0 aliphatic rings. The molecule has 0 atom stereocenters. The fourth-order valence-corrected chi connectivity index (χ4v) is 1.41. The number of fused-ring (bicyclic) bond motifs is 1. The number of phenolic OH excluding ortho intramolecular Hbond substituents is 1. The van der Waals surface area contributed by atoms with Crippen LogP contribution in [0, 0.1) is 0 Å². The Morgan fingerprint density at radius 1 is 1.36 bits per heavy atom. The Bertz CT molecular complexity index is 609. The number of aromatic nitrogens is 2. The zero-order chi connectivity index (χ0) is 10.3. The molecule has 0 aliphatic heterocycles. The molecule has 0 saturated heterocycles. The van der Waals surface area contributed by atoms with E-state index in [2.05, 4.69) is 4.98 Å². The van der Waals surface area contributed by atoms with Gasteiger partial charge in [-0.1, -0.05) is 6.07 Å². The summed E-state index contributed by atoms with van der Waals surface area (Å²) in [6, 6.07) is 4.67. The molecule has 1 aromatic heterocycles. The summed E-state index contributed by atoms with van der Waals surface area (Å²) in [7, 11) is 1.44. The number of hydrogen-bond donors (Lipinski definition) is 2. The second-order valence-electron chi connectivity index (χ2n) is 2.99. The predicted octanol–water partition coefficient (Wildman–Crippen LogP) is -0.0676. The number of nitrogens with one attached hydrogen (secondary N) is 1. The van der Waals surface area contributed by atoms with E-state index in [0.717, 1.165) is 4.57 Å². The molecule has 72 valence electrons. The topological polar surface area (TPSA) is 75.1 Å². The average molecular weight is 192 g/mol. The van der Waals surface area contributed by atoms with E-state index < -0.39 is 11.1 Å². The normalized spacial score (nSPS) is 10.6. The summed E-state index contributed by atoms with van der Waals surface area (Å²) in [6.07, 6.45) is 0. The second kappa shape index (κ2) is 2.73. The van der Waals surface area contributed by atoms with Gasteiger partial charge in [0.2, 0.25) is 0 Å². The first-order valence-corrected chi connectivity index (χ1v) is 4.02. The number of para-hydroxylation sites is 1. The minimum absolute atomic E-state index is 0.0293. The van der Waals surface area contributed by atoms with Gasteiger partial charge in [0.1, 0.15) is 11.3 Å². The minimum atomic E-state index is -0.689. The number of benzene rings is 1. The highest BCUT2D eigenvalue weighted by Gasteiger charge is 2.06. The van der Waals surface area contributed by atoms with Crippen LogP contribution in [0.1, 0.15) is 0 Å². The lowest BCUT2D eigenvalue weighted by molar-refractivity contribution is 0.478. The minimum Gasteiger partial charge on any atom is -0.506 e. The molecule has 0 unspecified atom stereocenters. The number of nitrogens with zero attached hydrogens (tertiary/aromatic N) is 1. The van der Waals surface area contributed by atoms with Crippen molar-refractivity contribution < 1.29 is 5.11 Å². The highest BCUT2D eigenvalue weighted by molar-refractivity contribution is 5.80. The van der Waals surface area contributed by atoms with Gasteiger partial charge in [0, 0.05) is 7.05 Å². The van der Waals surface area contributed by atoms with Crippen LogP contribution in [0.15, 0.2) is 27.8 Å². The van der Waals surface area contributed by atoms with Gasteiger partial charge in [-0.25, -0.2) is 0 Å². The Morgan fingerprint density at radius 3 is 2.79 bits per heavy atom. The molecule has 2 N–H and O–H groups in total. The van der Waals surface area contributed by atoms with Crippen LogP contribution in [0.4, 0.5) is 0 Å². The van der Waals surface area contributed by atoms with Gasteiger partial charge in [0.15, 0.2) is 0 Å². The van der Waals surface area contributed by atoms with E-state index in [1.807, 2.05) is 0 Å². The van der Waals surface area contributed by atoms with Gasteiger partial charge in [0.25, 0.3) is 0 Å². The highest BCUT2D eigenvalue weighted by Crippen LogP contribution is 2.19. The molecule has 0 amide bonds. The van der Waals surface area contributed by atoms with Crippen LogP contribution in [0.3, 0.4) is 0 Å². The monoisotopic (exact) mass is 192 g/mol. The van der Waals surface area contributed by atoms with E-state index in [1.165, 1.54) is 13.1 Å². The molecule has 0 bridgehead atoms. The van der Waals surface area contributed by atoms with Crippen LogP contribution in [0.25, 0.3) is 11.0 Å². The van der Waals surface area contributed by atoms with E-state index >= 15 is 0 Å². The van der Waals surface area contributed by atoms with Crippen molar-refractivity contribution in [2.24, 2.45) is 7.05 Å². The van der Waals surface area contributed by atoms with Gasteiger partial charge >= 0.3 is 11.1 Å². The summed E-state index contributed by atoms with van der Waals surface area (Å²) in [5, 5.41) is 9.49. The van der Waals surface area contributed by atoms with E-state index in [-0.39, 0.29) is 5.75 Å². The van der Waals surface area contributed by atoms with E-state index in [9.17, 15) is 14.7 Å². The van der Waals surface area contributed by atoms with Crippen molar-refractivity contribution in [1.82, 2.24) is 9.55 Å². The fourth-order valence-electron chi connectivity index (χ4n) is 1.41. The van der Waals surface area contributed by atoms with Crippen LogP contribution in [-0.2, 0) is 7.05 Å². The largest absolute Gasteiger partial charge is 0.506 e. The lowest BCUT2D eigenvalue weighted by Crippen LogP contribution is -2.34. The van der Waals surface area contributed by atoms with Crippen LogP contribution in [-0.4, -0.2) is 14.7 Å². The molecule has 1 heterocycles. The molecule has 0 aliphatic carbocycles. The number of hydrogen-bond acceptors (Lipinski definition) is 3. The van der Waals surface area contributed by atoms with Gasteiger partial charge in [-0.3, -0.25) is 9.59 Å². The Morgan fingerprint density at radius 2 is 2.07 bits per heavy atom. The smallest absolute Gasteiger partial charge is 0.316 e. The van der Waals surface area contributed by atoms with Crippen molar-refractivity contribution in [2.75, 3.05) is 0 Å². The Labute approximate surface area is 78.2 Å². The fraction of sp³-hybridized carbons (Fsp3) is 0.111. The lowest BCUT2D eigenvalue weighted by Gasteiger charge is -2.04. The average Bonchev–Trinajstić information content (AvgIpc) is 2.14. The molecule has 2 aromatic rings. The van der Waals surface area contributed by atoms with Gasteiger partial charge < -0.3 is 14.7 Å². The summed E-state index contributed by atoms with van der Waals surface area (Å²) in [6.45, 7) is 0. The second-order valence-corrected chi connectivity index (χ2v) is 2.99. The summed E-state index contributed by atoms with van der Waals surface area (Å²) in [5.74, 6) is -0.0293. The third kappa shape index (κ3) is 1.02. The number of aromatic hydroxyl groups is 1. The number of aromatic amines is 1. The summed E-state index contributed by atoms with van der Waals surface area (Å²) in [5.41, 5.74) is -0.598. The van der Waals surface area contributed by atoms with Crippen LogP contribution >= 0.6 is 0 Å². The third-order valence-electron chi connectivity index (χ3n) is 2.10. The van der Waals surface area contributed by atoms with Gasteiger partial charge in [-0.05, 0) is 12.1 Å². The molecule has 1 aromatic carbocycles. The van der Waals surface area contributed by atoms with Crippen molar-refractivity contribution in [2.45, 2.75) is 0 Å². The van der Waals surface area contributed by atoms with E-state index in [0.29, 0.717) is 11.0 Å². The summed E-state index contributed by atoms with van der Waals surface area (Å²) < 4.78 is 1.13. The molecule has 14 heavy (non-hydrogen) atoms. The maximum absolute atomic E-state index is 11.2. The summed E-state index contributed by atoms with van der Waals surface area (Å²) in [4.78, 5) is 24.7. The van der Waals surface area contributed by atoms with Crippen LogP contribution in [0.2, 0.25) is 0 Å². The van der Waals surface area contributed by atoms with Crippen molar-refractivity contribution in [1.29, 1.82) is 0 Å². The van der Waals surface area contributed by atoms with Crippen molar-refractivity contribution in [3.05, 3.63) is 38.9 Å². The van der Waals surface area contributed by atoms with E-state index in [4.69, 9.17) is 0 Å². The van der Waals surface area contributed by atoms with Gasteiger partial charge in [-0.2, -0.15) is 0 Å². The molecule has 0 radical (unpaired) electrons. The first-order chi connectivity index (χ1) is 6.61. The highest BCUT2D eigenvalue weighted by atomic mass is 16.3. The standard InChI is InChI=1S/C9H8N2O3/c1-11-7-5(3-2-4-6(7)12)10-8(13)9(11)14/h2-4,12H,1H3,(H,10,13). The lowest BCUT2D eigenvalue weighted by atomic mass is 10.3. The van der Waals surface area contributed by atoms with Crippen LogP contribution in [0.5, 0.6) is 5.75 Å². The van der Waals surface area contributed by atoms with Crippen molar-refractivity contribution in [3.8, 4) is 5.75 Å². The summed E-state index contributed by atoms with van der Waals surface area (Å²) >= 11 is 0. The molecule has 5 heteroatoms. The van der Waals surface area contributed by atoms with Gasteiger partial charge in [-0.15, -0.1) is 0 Å². The molecule has 2 rings (SSSR count). The zero-order valence-electron chi connectivity index (χ0n) is 7.44. The first-order valence-electron chi connectivity index (χ1n) is 4.02. The number of rotatable bonds is 0. The number of aryl methyl sites for hydroxylation is 1. The molecule has 5 nitrogen and oxygen atoms in total. The Hall–Kier alpha value is -2.04. The van der Waals surface area contributed by atoms with E-state index in [1.54, 1.807) is 12.1 Å². The first kappa shape index (κ1) is 8.55. The zero-order valence-corrected chi connectivity index (χ0v) is 7.44. The van der Waals surface area contributed by atoms with Crippen molar-refractivity contribution >= 4 is 11.0 Å². The quantitative estimate of drug-likeness (QED) is 0.574. The number of phenols is 1. The molecule has 0 saturated carbocycles. The molecule has 0 fully saturated rings. The van der Waals surface area contributed by atoms with Crippen molar-refractivity contribution in [3.63, 3.8) is 0 Å². The molecular formula is C9H8N2O3. The maximum Gasteiger partial charge on any atom is 0.316 e. The Balaban J connectivity index is 3.15. The maximum atomic E-state index is 11.2. The van der Waals surface area contributed by atoms with Gasteiger partial charge in [0.05, 0.1) is 5.52 Å². The third-order valence-corrected chi connectivity index (χ3v) is 2.10. The molecular weight excluding hydrogens is 184 g/mol.